The van der Waals surface area contributed by atoms with Crippen molar-refractivity contribution in [3.8, 4) is 33.8 Å². The molecule has 0 bridgehead atoms. The third-order valence-electron chi connectivity index (χ3n) is 3.76. The Labute approximate surface area is 168 Å². The van der Waals surface area contributed by atoms with Gasteiger partial charge in [-0.25, -0.2) is 22.3 Å². The van der Waals surface area contributed by atoms with Gasteiger partial charge in [-0.1, -0.05) is 0 Å². The van der Waals surface area contributed by atoms with Crippen LogP contribution in [0, 0.1) is 24.3 Å². The fourth-order valence-electron chi connectivity index (χ4n) is 2.57. The molecule has 1 nitrogen and oxygen atoms in total. The van der Waals surface area contributed by atoms with Crippen molar-refractivity contribution in [2.24, 2.45) is 0 Å². The molecule has 4 aromatic rings. The second kappa shape index (κ2) is 8.65. The predicted octanol–water partition coefficient (Wildman–Crippen LogP) is 6.01. The van der Waals surface area contributed by atoms with Crippen molar-refractivity contribution >= 4 is 0 Å². The van der Waals surface area contributed by atoms with E-state index in [0.717, 1.165) is 22.3 Å². The van der Waals surface area contributed by atoms with E-state index in [1.807, 2.05) is 84.9 Å². The number of hydrogen-bond acceptors (Lipinski definition) is 1. The van der Waals surface area contributed by atoms with Gasteiger partial charge in [0.15, 0.2) is 0 Å². The van der Waals surface area contributed by atoms with E-state index < -0.39 is 0 Å². The van der Waals surface area contributed by atoms with Crippen molar-refractivity contribution < 1.29 is 25.8 Å². The monoisotopic (exact) mass is 513 g/mol. The number of ether oxygens (including phenoxy) is 1. The first-order valence-electron chi connectivity index (χ1n) is 8.05. The number of hydrogen-bond donors (Lipinski definition) is 0. The van der Waals surface area contributed by atoms with E-state index in [1.54, 1.807) is 0 Å². The Morgan fingerprint density at radius 1 is 0.500 bits per heavy atom. The molecule has 0 atom stereocenters. The fourth-order valence-corrected chi connectivity index (χ4v) is 2.57. The quantitative estimate of drug-likeness (QED) is 0.304. The first kappa shape index (κ1) is 18.2. The zero-order valence-corrected chi connectivity index (χ0v) is 16.1. The molecule has 0 fully saturated rings. The Hall–Kier alpha value is -2.63. The Kier molecular flexibility index (Phi) is 6.04. The Morgan fingerprint density at radius 3 is 1.38 bits per heavy atom. The van der Waals surface area contributed by atoms with Crippen molar-refractivity contribution in [3.05, 3.63) is 109 Å². The maximum absolute atomic E-state index is 5.96. The Balaban J connectivity index is 0.00000196. The number of rotatable bonds is 4. The van der Waals surface area contributed by atoms with Crippen molar-refractivity contribution in [1.82, 2.24) is 0 Å². The predicted molar refractivity (Wildman–Crippen MR) is 99.2 cm³/mol. The first-order valence-corrected chi connectivity index (χ1v) is 8.05. The molecule has 4 rings (SSSR count). The summed E-state index contributed by atoms with van der Waals surface area (Å²) < 4.78 is 5.96. The van der Waals surface area contributed by atoms with Gasteiger partial charge >= 0.3 is 21.1 Å². The molecule has 0 amide bonds. The average molecular weight is 513 g/mol. The summed E-state index contributed by atoms with van der Waals surface area (Å²) in [7, 11) is 0. The number of benzene rings is 4. The Bertz CT molecular complexity index is 884. The molecular weight excluding hydrogens is 499 g/mol. The molecule has 0 saturated heterocycles. The van der Waals surface area contributed by atoms with E-state index in [9.17, 15) is 0 Å². The van der Waals surface area contributed by atoms with Crippen LogP contribution >= 0.6 is 0 Å². The largest absolute Gasteiger partial charge is 4.00 e. The zero-order valence-electron chi connectivity index (χ0n) is 13.8. The van der Waals surface area contributed by atoms with Crippen LogP contribution in [-0.2, 0) is 21.1 Å². The minimum Gasteiger partial charge on any atom is -0.498 e. The maximum Gasteiger partial charge on any atom is 4.00 e. The second-order valence-electron chi connectivity index (χ2n) is 5.51. The minimum atomic E-state index is 0. The molecular formula is C24H14OPt. The zero-order chi connectivity index (χ0) is 16.9. The molecule has 0 saturated carbocycles. The summed E-state index contributed by atoms with van der Waals surface area (Å²) in [4.78, 5) is 0. The van der Waals surface area contributed by atoms with Gasteiger partial charge in [0, 0.05) is 11.5 Å². The van der Waals surface area contributed by atoms with Gasteiger partial charge in [0.2, 0.25) is 0 Å². The summed E-state index contributed by atoms with van der Waals surface area (Å²) in [6.45, 7) is 0. The normalized spacial score (nSPS) is 10.0. The van der Waals surface area contributed by atoms with E-state index in [1.165, 1.54) is 0 Å². The molecule has 0 aliphatic rings. The molecule has 2 heteroatoms. The van der Waals surface area contributed by atoms with Gasteiger partial charge in [0.05, 0.1) is 0 Å². The van der Waals surface area contributed by atoms with Crippen molar-refractivity contribution in [1.29, 1.82) is 0 Å². The molecule has 0 aromatic heterocycles. The van der Waals surface area contributed by atoms with Gasteiger partial charge < -0.3 is 4.74 Å². The summed E-state index contributed by atoms with van der Waals surface area (Å²) in [6.07, 6.45) is 0. The SMILES string of the molecule is [Pt+4].[c-]1ccccc1-c1[c-]c(Oc2[c-]c(-c3[c-]cccc3)ccc2)ccc1. The van der Waals surface area contributed by atoms with Crippen molar-refractivity contribution in [2.45, 2.75) is 0 Å². The van der Waals surface area contributed by atoms with Gasteiger partial charge in [0.1, 0.15) is 0 Å². The van der Waals surface area contributed by atoms with E-state index in [0.29, 0.717) is 11.5 Å². The topological polar surface area (TPSA) is 9.23 Å². The third-order valence-corrected chi connectivity index (χ3v) is 3.76. The minimum absolute atomic E-state index is 0. The molecule has 0 spiro atoms. The van der Waals surface area contributed by atoms with Crippen LogP contribution in [0.3, 0.4) is 0 Å². The van der Waals surface area contributed by atoms with Crippen LogP contribution in [0.5, 0.6) is 11.5 Å². The molecule has 4 aromatic carbocycles. The average Bonchev–Trinajstić information content (AvgIpc) is 2.70. The molecule has 0 radical (unpaired) electrons. The molecule has 0 aliphatic heterocycles. The summed E-state index contributed by atoms with van der Waals surface area (Å²) in [5, 5.41) is 0. The summed E-state index contributed by atoms with van der Waals surface area (Å²) in [5.41, 5.74) is 3.88. The van der Waals surface area contributed by atoms with Crippen LogP contribution in [0.2, 0.25) is 0 Å². The van der Waals surface area contributed by atoms with Crippen LogP contribution in [-0.4, -0.2) is 0 Å². The van der Waals surface area contributed by atoms with Crippen LogP contribution in [0.1, 0.15) is 0 Å². The summed E-state index contributed by atoms with van der Waals surface area (Å²) in [5.74, 6) is 1.31. The molecule has 0 heterocycles. The van der Waals surface area contributed by atoms with Gasteiger partial charge in [0.25, 0.3) is 0 Å². The van der Waals surface area contributed by atoms with Crippen LogP contribution in [0.4, 0.5) is 0 Å². The Morgan fingerprint density at radius 2 is 0.962 bits per heavy atom. The van der Waals surface area contributed by atoms with Crippen LogP contribution in [0.15, 0.2) is 84.9 Å². The van der Waals surface area contributed by atoms with Crippen molar-refractivity contribution in [2.75, 3.05) is 0 Å². The van der Waals surface area contributed by atoms with Crippen LogP contribution < -0.4 is 4.74 Å². The molecule has 0 unspecified atom stereocenters. The van der Waals surface area contributed by atoms with E-state index in [2.05, 4.69) is 24.3 Å². The van der Waals surface area contributed by atoms with Crippen molar-refractivity contribution in [3.63, 3.8) is 0 Å². The molecule has 126 valence electrons. The summed E-state index contributed by atoms with van der Waals surface area (Å²) in [6, 6.07) is 40.4. The van der Waals surface area contributed by atoms with E-state index in [4.69, 9.17) is 4.74 Å². The summed E-state index contributed by atoms with van der Waals surface area (Å²) >= 11 is 0. The molecule has 0 N–H and O–H groups in total. The van der Waals surface area contributed by atoms with Crippen LogP contribution in [0.25, 0.3) is 22.3 Å². The van der Waals surface area contributed by atoms with Gasteiger partial charge in [-0.15, -0.1) is 36.4 Å². The molecule has 26 heavy (non-hydrogen) atoms. The third kappa shape index (κ3) is 4.31. The molecule has 0 aliphatic carbocycles. The van der Waals surface area contributed by atoms with Gasteiger partial charge in [-0.3, -0.25) is 0 Å². The fraction of sp³-hybridized carbons (Fsp3) is 0. The maximum atomic E-state index is 5.96. The second-order valence-corrected chi connectivity index (χ2v) is 5.51. The van der Waals surface area contributed by atoms with Gasteiger partial charge in [-0.2, -0.15) is 72.8 Å². The first-order chi connectivity index (χ1) is 12.4. The van der Waals surface area contributed by atoms with E-state index >= 15 is 0 Å². The smallest absolute Gasteiger partial charge is 0.498 e. The van der Waals surface area contributed by atoms with E-state index in [-0.39, 0.29) is 21.1 Å². The standard InChI is InChI=1S/C24H14O.Pt/c1-3-9-19(10-4-1)21-13-7-15-23(17-21)25-24-16-8-14-22(18-24)20-11-5-2-6-12-20;/h1-9,11,13-16H;/q-4;+4. The van der Waals surface area contributed by atoms with Gasteiger partial charge in [-0.05, 0) is 0 Å².